The van der Waals surface area contributed by atoms with E-state index < -0.39 is 0 Å². The number of rotatable bonds is 9. The number of aliphatic hydroxyl groups is 1. The molecule has 0 radical (unpaired) electrons. The fourth-order valence-corrected chi connectivity index (χ4v) is 3.70. The molecule has 0 atom stereocenters. The van der Waals surface area contributed by atoms with Crippen LogP contribution in [0.5, 0.6) is 17.2 Å². The van der Waals surface area contributed by atoms with Crippen LogP contribution in [0.25, 0.3) is 22.5 Å². The quantitative estimate of drug-likeness (QED) is 0.248. The van der Waals surface area contributed by atoms with Gasteiger partial charge in [-0.25, -0.2) is 0 Å². The van der Waals surface area contributed by atoms with E-state index in [9.17, 15) is 5.11 Å². The molecule has 39 heavy (non-hydrogen) atoms. The molecule has 9 heteroatoms. The number of hydrogen-bond acceptors (Lipinski definition) is 8. The van der Waals surface area contributed by atoms with Gasteiger partial charge in [-0.3, -0.25) is 0 Å². The molecular weight excluding hydrogens is 675 g/mol. The first-order chi connectivity index (χ1) is 18.4. The zero-order valence-electron chi connectivity index (χ0n) is 23.0. The molecule has 0 aliphatic rings. The minimum Gasteiger partial charge on any atom is -0.540 e. The smallest absolute Gasteiger partial charge is 0.540 e. The van der Waals surface area contributed by atoms with Crippen molar-refractivity contribution in [1.29, 1.82) is 0 Å². The van der Waals surface area contributed by atoms with Crippen LogP contribution in [0.3, 0.4) is 0 Å². The van der Waals surface area contributed by atoms with Crippen molar-refractivity contribution >= 4 is 5.69 Å². The van der Waals surface area contributed by atoms with E-state index in [2.05, 4.69) is 27.4 Å². The largest absolute Gasteiger partial charge is 2.00 e. The number of pyridine rings is 2. The molecule has 208 valence electrons. The zero-order valence-corrected chi connectivity index (χ0v) is 25.3. The summed E-state index contributed by atoms with van der Waals surface area (Å²) in [5.74, 6) is 2.09. The van der Waals surface area contributed by atoms with Crippen molar-refractivity contribution in [3.05, 3.63) is 84.2 Å². The Kier molecular flexibility index (Phi) is 12.9. The molecule has 0 aliphatic carbocycles. The first-order valence-corrected chi connectivity index (χ1v) is 12.0. The Morgan fingerprint density at radius 1 is 0.846 bits per heavy atom. The summed E-state index contributed by atoms with van der Waals surface area (Å²) in [6, 6.07) is 21.4. The Labute approximate surface area is 245 Å². The topological polar surface area (TPSA) is 89.0 Å². The Hall–Kier alpha value is -3.45. The summed E-state index contributed by atoms with van der Waals surface area (Å²) >= 11 is 0. The molecule has 2 N–H and O–H groups in total. The van der Waals surface area contributed by atoms with Crippen molar-refractivity contribution in [2.24, 2.45) is 0 Å². The fraction of sp³-hybridized carbons (Fsp3) is 0.267. The van der Waals surface area contributed by atoms with Crippen molar-refractivity contribution in [3.8, 4) is 39.8 Å². The SMILES string of the molecule is CNCc1ccnc(-c2[c-]cc(OC)cc2CO)c1.COc1c[c-]c(-c2cc(N(C)C)ccn2)c(OC)c1.[Pt+2]. The molecule has 2 heterocycles. The van der Waals surface area contributed by atoms with E-state index in [-0.39, 0.29) is 27.7 Å². The van der Waals surface area contributed by atoms with Gasteiger partial charge in [-0.2, -0.15) is 0 Å². The molecule has 0 saturated heterocycles. The van der Waals surface area contributed by atoms with Crippen LogP contribution in [0.2, 0.25) is 0 Å². The van der Waals surface area contributed by atoms with Crippen molar-refractivity contribution in [1.82, 2.24) is 15.3 Å². The average molecular weight is 710 g/mol. The predicted octanol–water partition coefficient (Wildman–Crippen LogP) is 4.40. The molecule has 2 aromatic heterocycles. The van der Waals surface area contributed by atoms with Crippen molar-refractivity contribution < 1.29 is 40.4 Å². The van der Waals surface area contributed by atoms with Crippen LogP contribution in [-0.2, 0) is 34.2 Å². The van der Waals surface area contributed by atoms with Gasteiger partial charge < -0.3 is 39.5 Å². The Bertz CT molecular complexity index is 1330. The van der Waals surface area contributed by atoms with Crippen molar-refractivity contribution in [2.45, 2.75) is 13.2 Å². The summed E-state index contributed by atoms with van der Waals surface area (Å²) in [6.07, 6.45) is 3.55. The summed E-state index contributed by atoms with van der Waals surface area (Å²) in [7, 11) is 10.7. The third-order valence-corrected chi connectivity index (χ3v) is 5.71. The van der Waals surface area contributed by atoms with E-state index in [4.69, 9.17) is 14.2 Å². The Morgan fingerprint density at radius 2 is 1.46 bits per heavy atom. The Morgan fingerprint density at radius 3 is 2.05 bits per heavy atom. The van der Waals surface area contributed by atoms with E-state index >= 15 is 0 Å². The Balaban J connectivity index is 0.000000267. The van der Waals surface area contributed by atoms with Crippen LogP contribution in [0, 0.1) is 12.1 Å². The van der Waals surface area contributed by atoms with Crippen LogP contribution in [0.4, 0.5) is 5.69 Å². The minimum absolute atomic E-state index is 0. The number of hydrogen-bond donors (Lipinski definition) is 2. The van der Waals surface area contributed by atoms with Gasteiger partial charge in [-0.15, -0.1) is 29.8 Å². The normalized spacial score (nSPS) is 10.0. The van der Waals surface area contributed by atoms with Gasteiger partial charge in [-0.05, 0) is 36.1 Å². The van der Waals surface area contributed by atoms with Crippen LogP contribution in [0.15, 0.2) is 60.9 Å². The van der Waals surface area contributed by atoms with Crippen LogP contribution in [0.1, 0.15) is 11.1 Å². The summed E-state index contributed by atoms with van der Waals surface area (Å²) in [5.41, 5.74) is 6.24. The second-order valence-corrected chi connectivity index (χ2v) is 8.45. The van der Waals surface area contributed by atoms with Crippen molar-refractivity contribution in [3.63, 3.8) is 0 Å². The zero-order chi connectivity index (χ0) is 27.5. The van der Waals surface area contributed by atoms with Gasteiger partial charge in [0.25, 0.3) is 0 Å². The standard InChI is InChI=1S/2C15H17N2O2.Pt/c1-17(2)11-7-8-16-14(9-11)13-6-5-12(18-3)10-15(13)19-4;1-16-9-11-5-6-17-15(7-11)14-4-3-13(19-2)8-12(14)10-18;/h5,7-10H,1-4H3;3,5-8,16,18H,9-10H2,1-2H3;/q2*-1;+2. The summed E-state index contributed by atoms with van der Waals surface area (Å²) in [4.78, 5) is 10.8. The molecular formula is C30H34N4O4Pt. The third-order valence-electron chi connectivity index (χ3n) is 5.71. The second kappa shape index (κ2) is 15.8. The third kappa shape index (κ3) is 8.52. The molecule has 0 aliphatic heterocycles. The fourth-order valence-electron chi connectivity index (χ4n) is 3.70. The van der Waals surface area contributed by atoms with Gasteiger partial charge >= 0.3 is 21.1 Å². The maximum Gasteiger partial charge on any atom is 2.00 e. The summed E-state index contributed by atoms with van der Waals surface area (Å²) < 4.78 is 15.7. The molecule has 4 rings (SSSR count). The number of benzene rings is 2. The number of aliphatic hydroxyl groups excluding tert-OH is 1. The van der Waals surface area contributed by atoms with E-state index in [0.717, 1.165) is 45.9 Å². The van der Waals surface area contributed by atoms with Gasteiger partial charge in [0.1, 0.15) is 0 Å². The molecule has 8 nitrogen and oxygen atoms in total. The average Bonchev–Trinajstić information content (AvgIpc) is 2.97. The van der Waals surface area contributed by atoms with E-state index in [0.29, 0.717) is 17.2 Å². The van der Waals surface area contributed by atoms with Crippen LogP contribution in [-0.4, -0.2) is 57.5 Å². The molecule has 0 fully saturated rings. The van der Waals surface area contributed by atoms with Gasteiger partial charge in [0.05, 0.1) is 21.3 Å². The van der Waals surface area contributed by atoms with E-state index in [1.165, 1.54) is 0 Å². The molecule has 0 unspecified atom stereocenters. The summed E-state index contributed by atoms with van der Waals surface area (Å²) in [6.45, 7) is 0.709. The number of methoxy groups -OCH3 is 3. The van der Waals surface area contributed by atoms with Gasteiger partial charge in [0.15, 0.2) is 0 Å². The second-order valence-electron chi connectivity index (χ2n) is 8.45. The number of aromatic nitrogens is 2. The minimum atomic E-state index is -0.0685. The predicted molar refractivity (Wildman–Crippen MR) is 150 cm³/mol. The van der Waals surface area contributed by atoms with Crippen LogP contribution >= 0.6 is 0 Å². The van der Waals surface area contributed by atoms with E-state index in [1.54, 1.807) is 51.9 Å². The number of nitrogens with zero attached hydrogens (tertiary/aromatic N) is 3. The first kappa shape index (κ1) is 31.8. The molecule has 0 spiro atoms. The molecule has 0 saturated carbocycles. The number of anilines is 1. The molecule has 4 aromatic rings. The van der Waals surface area contributed by atoms with Gasteiger partial charge in [0.2, 0.25) is 0 Å². The van der Waals surface area contributed by atoms with Gasteiger partial charge in [-0.1, -0.05) is 35.4 Å². The molecule has 0 bridgehead atoms. The van der Waals surface area contributed by atoms with Crippen LogP contribution < -0.4 is 24.4 Å². The first-order valence-electron chi connectivity index (χ1n) is 12.0. The summed E-state index contributed by atoms with van der Waals surface area (Å²) in [5, 5.41) is 12.6. The van der Waals surface area contributed by atoms with E-state index in [1.807, 2.05) is 56.4 Å². The molecule has 0 amide bonds. The number of ether oxygens (including phenoxy) is 3. The number of nitrogens with one attached hydrogen (secondary N) is 1. The van der Waals surface area contributed by atoms with Gasteiger partial charge in [0, 0.05) is 62.6 Å². The van der Waals surface area contributed by atoms with Crippen molar-refractivity contribution in [2.75, 3.05) is 47.4 Å². The monoisotopic (exact) mass is 709 g/mol. The maximum absolute atomic E-state index is 9.46. The maximum atomic E-state index is 9.46. The molecule has 2 aromatic carbocycles.